The largest absolute Gasteiger partial charge is 0.494 e. The third-order valence-corrected chi connectivity index (χ3v) is 6.68. The first-order valence-corrected chi connectivity index (χ1v) is 12.4. The Morgan fingerprint density at radius 3 is 2.68 bits per heavy atom. The van der Waals surface area contributed by atoms with Gasteiger partial charge in [0, 0.05) is 25.8 Å². The van der Waals surface area contributed by atoms with Gasteiger partial charge in [-0.3, -0.25) is 18.9 Å². The van der Waals surface area contributed by atoms with Crippen LogP contribution in [0.25, 0.3) is 16.7 Å². The van der Waals surface area contributed by atoms with Crippen LogP contribution >= 0.6 is 0 Å². The Morgan fingerprint density at radius 2 is 1.92 bits per heavy atom. The van der Waals surface area contributed by atoms with Crippen LogP contribution in [0.4, 0.5) is 4.39 Å². The topological polar surface area (TPSA) is 78.6 Å². The summed E-state index contributed by atoms with van der Waals surface area (Å²) in [5.41, 5.74) is 1.87. The maximum absolute atomic E-state index is 14.5. The van der Waals surface area contributed by atoms with Crippen LogP contribution in [0.15, 0.2) is 65.7 Å². The molecule has 0 N–H and O–H groups in total. The molecule has 1 saturated heterocycles. The fourth-order valence-corrected chi connectivity index (χ4v) is 4.89. The molecule has 0 spiro atoms. The van der Waals surface area contributed by atoms with Crippen molar-refractivity contribution in [2.24, 2.45) is 5.92 Å². The molecule has 1 amide bonds. The van der Waals surface area contributed by atoms with E-state index >= 15 is 0 Å². The molecule has 2 aromatic heterocycles. The van der Waals surface area contributed by atoms with Crippen LogP contribution in [-0.2, 0) is 11.3 Å². The Balaban J connectivity index is 1.43. The lowest BCUT2D eigenvalue weighted by Gasteiger charge is -2.31. The maximum Gasteiger partial charge on any atom is 0.333 e. The molecule has 1 aliphatic heterocycles. The van der Waals surface area contributed by atoms with Gasteiger partial charge in [0.15, 0.2) is 11.5 Å². The van der Waals surface area contributed by atoms with E-state index in [2.05, 4.69) is 16.8 Å². The minimum Gasteiger partial charge on any atom is -0.494 e. The molecule has 0 saturated carbocycles. The van der Waals surface area contributed by atoms with Crippen molar-refractivity contribution in [1.29, 1.82) is 0 Å². The van der Waals surface area contributed by atoms with Gasteiger partial charge in [-0.25, -0.2) is 4.79 Å². The fraction of sp³-hybridized carbons (Fsp3) is 0.276. The molecule has 9 heteroatoms. The minimum absolute atomic E-state index is 0.0417. The van der Waals surface area contributed by atoms with Crippen molar-refractivity contribution in [3.05, 3.63) is 77.2 Å². The molecule has 1 fully saturated rings. The van der Waals surface area contributed by atoms with Crippen molar-refractivity contribution >= 4 is 16.9 Å². The first kappa shape index (κ1) is 25.1. The Bertz CT molecular complexity index is 1600. The third-order valence-electron chi connectivity index (χ3n) is 6.68. The van der Waals surface area contributed by atoms with Crippen LogP contribution in [0, 0.1) is 23.6 Å². The zero-order valence-electron chi connectivity index (χ0n) is 21.2. The zero-order valence-corrected chi connectivity index (χ0v) is 21.2. The van der Waals surface area contributed by atoms with Crippen LogP contribution in [0.3, 0.4) is 0 Å². The Morgan fingerprint density at radius 1 is 1.13 bits per heavy atom. The summed E-state index contributed by atoms with van der Waals surface area (Å²) in [4.78, 5) is 32.0. The Hall–Kier alpha value is -4.58. The highest BCUT2D eigenvalue weighted by molar-refractivity contribution is 5.93. The van der Waals surface area contributed by atoms with Crippen molar-refractivity contribution in [3.63, 3.8) is 0 Å². The van der Waals surface area contributed by atoms with E-state index in [1.165, 1.54) is 19.2 Å². The van der Waals surface area contributed by atoms with Crippen molar-refractivity contribution < 1.29 is 18.7 Å². The second-order valence-electron chi connectivity index (χ2n) is 9.10. The molecule has 1 aliphatic rings. The molecule has 4 aromatic rings. The lowest BCUT2D eigenvalue weighted by atomic mass is 9.98. The number of likely N-dealkylation sites (tertiary alicyclic amines) is 1. The predicted molar refractivity (Wildman–Crippen MR) is 141 cm³/mol. The minimum atomic E-state index is -0.589. The van der Waals surface area contributed by atoms with Gasteiger partial charge in [-0.2, -0.15) is 4.39 Å². The molecular formula is C29H27FN4O4. The fourth-order valence-electron chi connectivity index (χ4n) is 4.89. The van der Waals surface area contributed by atoms with Crippen LogP contribution in [0.2, 0.25) is 0 Å². The van der Waals surface area contributed by atoms with Crippen molar-refractivity contribution in [2.45, 2.75) is 26.3 Å². The molecule has 2 aromatic carbocycles. The Labute approximate surface area is 219 Å². The first-order chi connectivity index (χ1) is 18.5. The highest BCUT2D eigenvalue weighted by atomic mass is 19.1. The average molecular weight is 515 g/mol. The van der Waals surface area contributed by atoms with Crippen LogP contribution in [-0.4, -0.2) is 45.1 Å². The van der Waals surface area contributed by atoms with Gasteiger partial charge >= 0.3 is 5.69 Å². The van der Waals surface area contributed by atoms with Crippen LogP contribution in [0.1, 0.15) is 19.8 Å². The summed E-state index contributed by atoms with van der Waals surface area (Å²) in [7, 11) is 1.39. The summed E-state index contributed by atoms with van der Waals surface area (Å²) in [5.74, 6) is 5.20. The van der Waals surface area contributed by atoms with Gasteiger partial charge in [0.1, 0.15) is 5.75 Å². The second-order valence-corrected chi connectivity index (χ2v) is 9.10. The number of ether oxygens (including phenoxy) is 2. The molecule has 0 radical (unpaired) electrons. The number of hydrogen-bond donors (Lipinski definition) is 0. The normalized spacial score (nSPS) is 15.1. The molecular weight excluding hydrogens is 487 g/mol. The van der Waals surface area contributed by atoms with E-state index < -0.39 is 5.82 Å². The molecule has 3 heterocycles. The van der Waals surface area contributed by atoms with Gasteiger partial charge in [0.25, 0.3) is 5.91 Å². The van der Waals surface area contributed by atoms with Gasteiger partial charge in [-0.05, 0) is 74.1 Å². The van der Waals surface area contributed by atoms with Gasteiger partial charge in [0.2, 0.25) is 5.82 Å². The number of halogens is 1. The number of rotatable bonds is 6. The number of aromatic nitrogens is 3. The third kappa shape index (κ3) is 4.85. The molecule has 38 heavy (non-hydrogen) atoms. The number of amides is 1. The molecule has 1 atom stereocenters. The molecule has 1 unspecified atom stereocenters. The quantitative estimate of drug-likeness (QED) is 0.357. The van der Waals surface area contributed by atoms with E-state index in [0.717, 1.165) is 18.4 Å². The average Bonchev–Trinajstić information content (AvgIpc) is 3.21. The molecule has 194 valence electrons. The molecule has 8 nitrogen and oxygen atoms in total. The van der Waals surface area contributed by atoms with Crippen LogP contribution in [0.5, 0.6) is 17.2 Å². The monoisotopic (exact) mass is 514 g/mol. The highest BCUT2D eigenvalue weighted by Gasteiger charge is 2.25. The number of methoxy groups -OCH3 is 1. The van der Waals surface area contributed by atoms with Crippen molar-refractivity contribution in [2.75, 3.05) is 20.2 Å². The first-order valence-electron chi connectivity index (χ1n) is 12.4. The summed E-state index contributed by atoms with van der Waals surface area (Å²) >= 11 is 0. The second kappa shape index (κ2) is 10.8. The summed E-state index contributed by atoms with van der Waals surface area (Å²) in [6, 6.07) is 13.4. The zero-order chi connectivity index (χ0) is 26.6. The predicted octanol–water partition coefficient (Wildman–Crippen LogP) is 4.39. The van der Waals surface area contributed by atoms with Gasteiger partial charge in [0.05, 0.1) is 30.0 Å². The van der Waals surface area contributed by atoms with E-state index in [9.17, 15) is 14.0 Å². The van der Waals surface area contributed by atoms with E-state index in [1.54, 1.807) is 63.7 Å². The molecule has 5 rings (SSSR count). The number of nitrogens with zero attached hydrogens (tertiary/aromatic N) is 4. The number of carbonyl (C=O) groups excluding carboxylic acids is 1. The van der Waals surface area contributed by atoms with Gasteiger partial charge in [-0.15, -0.1) is 0 Å². The van der Waals surface area contributed by atoms with Gasteiger partial charge < -0.3 is 14.4 Å². The smallest absolute Gasteiger partial charge is 0.333 e. The number of carbonyl (C=O) groups is 1. The maximum atomic E-state index is 14.5. The standard InChI is InChI=1S/C29H27FN4O4/c1-3-6-27(35)32-16-5-7-20(18-32)19-33-23-14-15-31-17-24(23)34(29(33)36)21-10-12-22(13-11-21)38-26-9-4-8-25(37-2)28(26)30/h4,8-15,17,20H,5,7,16,18-19H2,1-2H3. The number of imidazole rings is 1. The van der Waals surface area contributed by atoms with E-state index in [4.69, 9.17) is 9.47 Å². The summed E-state index contributed by atoms with van der Waals surface area (Å²) in [6.07, 6.45) is 5.11. The van der Waals surface area contributed by atoms with Crippen molar-refractivity contribution in [1.82, 2.24) is 19.0 Å². The van der Waals surface area contributed by atoms with E-state index in [1.807, 2.05) is 6.07 Å². The number of piperidine rings is 1. The summed E-state index contributed by atoms with van der Waals surface area (Å²) in [6.45, 7) is 3.37. The number of fused-ring (bicyclic) bond motifs is 1. The lowest BCUT2D eigenvalue weighted by molar-refractivity contribution is -0.126. The SMILES string of the molecule is CC#CC(=O)N1CCCC(Cn2c(=O)n(-c3ccc(Oc4cccc(OC)c4F)cc3)c3cnccc32)C1. The number of benzene rings is 2. The van der Waals surface area contributed by atoms with Crippen molar-refractivity contribution in [3.8, 4) is 34.8 Å². The van der Waals surface area contributed by atoms with Crippen LogP contribution < -0.4 is 15.2 Å². The molecule has 0 bridgehead atoms. The van der Waals surface area contributed by atoms with E-state index in [-0.39, 0.29) is 29.0 Å². The van der Waals surface area contributed by atoms with E-state index in [0.29, 0.717) is 36.6 Å². The summed E-state index contributed by atoms with van der Waals surface area (Å²) < 4.78 is 28.6. The highest BCUT2D eigenvalue weighted by Crippen LogP contribution is 2.31. The van der Waals surface area contributed by atoms with Gasteiger partial charge in [-0.1, -0.05) is 12.0 Å². The summed E-state index contributed by atoms with van der Waals surface area (Å²) in [5, 5.41) is 0. The molecule has 0 aliphatic carbocycles. The number of pyridine rings is 1. The lowest BCUT2D eigenvalue weighted by Crippen LogP contribution is -2.41. The number of hydrogen-bond acceptors (Lipinski definition) is 5. The Kier molecular flexibility index (Phi) is 7.13.